The molecule has 23 heavy (non-hydrogen) atoms. The van der Waals surface area contributed by atoms with Crippen LogP contribution in [-0.4, -0.2) is 18.1 Å². The first-order valence-electron chi connectivity index (χ1n) is 8.56. The smallest absolute Gasteiger partial charge is 0.0365 e. The Bertz CT molecular complexity index is 561. The summed E-state index contributed by atoms with van der Waals surface area (Å²) in [6.07, 6.45) is 0.996. The van der Waals surface area contributed by atoms with Crippen LogP contribution in [0, 0.1) is 0 Å². The predicted octanol–water partition coefficient (Wildman–Crippen LogP) is 4.34. The van der Waals surface area contributed by atoms with Gasteiger partial charge in [-0.15, -0.1) is 0 Å². The Labute approximate surface area is 141 Å². The molecular weight excluding hydrogens is 280 g/mol. The maximum Gasteiger partial charge on any atom is 0.0365 e. The van der Waals surface area contributed by atoms with Gasteiger partial charge < -0.3 is 10.6 Å². The fourth-order valence-corrected chi connectivity index (χ4v) is 2.77. The number of hydrogen-bond donors (Lipinski definition) is 2. The Hall–Kier alpha value is -1.64. The fraction of sp³-hybridized carbons (Fsp3) is 0.429. The van der Waals surface area contributed by atoms with Crippen molar-refractivity contribution in [1.29, 1.82) is 0 Å². The Balaban J connectivity index is 2.13. The van der Waals surface area contributed by atoms with Crippen LogP contribution in [0.2, 0.25) is 0 Å². The van der Waals surface area contributed by atoms with E-state index in [2.05, 4.69) is 99.0 Å². The van der Waals surface area contributed by atoms with Crippen LogP contribution in [0.1, 0.15) is 44.9 Å². The maximum absolute atomic E-state index is 3.85. The normalized spacial score (nSPS) is 13.3. The van der Waals surface area contributed by atoms with Crippen molar-refractivity contribution in [2.75, 3.05) is 6.54 Å². The van der Waals surface area contributed by atoms with E-state index in [1.54, 1.807) is 0 Å². The minimum atomic E-state index is 0.0273. The molecule has 2 nitrogen and oxygen atoms in total. The number of hydrogen-bond acceptors (Lipinski definition) is 2. The van der Waals surface area contributed by atoms with Gasteiger partial charge in [0.1, 0.15) is 0 Å². The van der Waals surface area contributed by atoms with E-state index in [1.165, 1.54) is 11.1 Å². The topological polar surface area (TPSA) is 24.1 Å². The highest BCUT2D eigenvalue weighted by atomic mass is 15.1. The molecule has 2 N–H and O–H groups in total. The summed E-state index contributed by atoms with van der Waals surface area (Å²) in [7, 11) is 0. The summed E-state index contributed by atoms with van der Waals surface area (Å²) in [5, 5.41) is 7.39. The van der Waals surface area contributed by atoms with E-state index in [4.69, 9.17) is 0 Å². The van der Waals surface area contributed by atoms with Gasteiger partial charge in [-0.3, -0.25) is 0 Å². The largest absolute Gasteiger partial charge is 0.313 e. The highest BCUT2D eigenvalue weighted by Gasteiger charge is 2.23. The van der Waals surface area contributed by atoms with Gasteiger partial charge in [0, 0.05) is 24.2 Å². The summed E-state index contributed by atoms with van der Waals surface area (Å²) < 4.78 is 0. The van der Waals surface area contributed by atoms with Crippen molar-refractivity contribution in [3.05, 3.63) is 71.8 Å². The number of nitrogens with one attached hydrogen (secondary N) is 2. The zero-order valence-electron chi connectivity index (χ0n) is 14.8. The van der Waals surface area contributed by atoms with Gasteiger partial charge in [-0.1, -0.05) is 74.5 Å². The molecule has 0 bridgehead atoms. The summed E-state index contributed by atoms with van der Waals surface area (Å²) in [5.74, 6) is 0. The molecule has 0 fully saturated rings. The monoisotopic (exact) mass is 310 g/mol. The zero-order valence-corrected chi connectivity index (χ0v) is 14.8. The molecule has 0 saturated heterocycles. The van der Waals surface area contributed by atoms with Crippen LogP contribution in [-0.2, 0) is 6.42 Å². The Morgan fingerprint density at radius 3 is 2.00 bits per heavy atom. The second-order valence-electron chi connectivity index (χ2n) is 7.22. The van der Waals surface area contributed by atoms with Crippen molar-refractivity contribution < 1.29 is 0 Å². The van der Waals surface area contributed by atoms with Gasteiger partial charge in [0.05, 0.1) is 0 Å². The molecule has 0 spiro atoms. The second kappa shape index (κ2) is 8.28. The molecule has 0 amide bonds. The molecular formula is C21H30N2. The van der Waals surface area contributed by atoms with Crippen LogP contribution < -0.4 is 10.6 Å². The van der Waals surface area contributed by atoms with E-state index >= 15 is 0 Å². The van der Waals surface area contributed by atoms with Gasteiger partial charge in [-0.2, -0.15) is 0 Å². The fourth-order valence-electron chi connectivity index (χ4n) is 2.77. The van der Waals surface area contributed by atoms with E-state index in [0.717, 1.165) is 13.0 Å². The molecule has 124 valence electrons. The van der Waals surface area contributed by atoms with Crippen LogP contribution in [0.5, 0.6) is 0 Å². The average Bonchev–Trinajstić information content (AvgIpc) is 2.54. The van der Waals surface area contributed by atoms with Crippen LogP contribution in [0.25, 0.3) is 0 Å². The molecule has 0 radical (unpaired) electrons. The molecule has 0 aliphatic carbocycles. The molecule has 2 aromatic carbocycles. The molecule has 2 heteroatoms. The minimum Gasteiger partial charge on any atom is -0.313 e. The quantitative estimate of drug-likeness (QED) is 0.758. The van der Waals surface area contributed by atoms with Crippen LogP contribution >= 0.6 is 0 Å². The van der Waals surface area contributed by atoms with E-state index in [0.29, 0.717) is 12.1 Å². The van der Waals surface area contributed by atoms with Crippen LogP contribution in [0.4, 0.5) is 0 Å². The lowest BCUT2D eigenvalue weighted by Crippen LogP contribution is -2.50. The molecule has 0 aliphatic rings. The lowest BCUT2D eigenvalue weighted by atomic mass is 9.95. The molecule has 0 saturated carbocycles. The summed E-state index contributed by atoms with van der Waals surface area (Å²) in [6.45, 7) is 9.86. The Morgan fingerprint density at radius 2 is 1.43 bits per heavy atom. The van der Waals surface area contributed by atoms with Gasteiger partial charge >= 0.3 is 0 Å². The van der Waals surface area contributed by atoms with E-state index in [-0.39, 0.29) is 5.54 Å². The summed E-state index contributed by atoms with van der Waals surface area (Å²) in [6, 6.07) is 22.3. The number of benzene rings is 2. The van der Waals surface area contributed by atoms with Crippen molar-refractivity contribution in [2.24, 2.45) is 0 Å². The number of rotatable bonds is 8. The van der Waals surface area contributed by atoms with Gasteiger partial charge in [-0.25, -0.2) is 0 Å². The van der Waals surface area contributed by atoms with E-state index < -0.39 is 0 Å². The van der Waals surface area contributed by atoms with Crippen molar-refractivity contribution in [1.82, 2.24) is 10.6 Å². The van der Waals surface area contributed by atoms with E-state index in [1.807, 2.05) is 0 Å². The summed E-state index contributed by atoms with van der Waals surface area (Å²) in [4.78, 5) is 0. The van der Waals surface area contributed by atoms with Crippen molar-refractivity contribution in [3.8, 4) is 0 Å². The van der Waals surface area contributed by atoms with Crippen LogP contribution in [0.3, 0.4) is 0 Å². The van der Waals surface area contributed by atoms with Gasteiger partial charge in [0.25, 0.3) is 0 Å². The third-order valence-electron chi connectivity index (χ3n) is 4.00. The van der Waals surface area contributed by atoms with Gasteiger partial charge in [0.15, 0.2) is 0 Å². The van der Waals surface area contributed by atoms with Crippen LogP contribution in [0.15, 0.2) is 60.7 Å². The third-order valence-corrected chi connectivity index (χ3v) is 4.00. The molecule has 1 atom stereocenters. The third kappa shape index (κ3) is 6.17. The van der Waals surface area contributed by atoms with Gasteiger partial charge in [-0.05, 0) is 31.4 Å². The standard InChI is InChI=1S/C21H30N2/c1-17(2)22-16-21(3,4)23-20(19-13-9-6-10-14-19)15-18-11-7-5-8-12-18/h5-14,17,20,22-23H,15-16H2,1-4H3/t20-/m0/s1. The van der Waals surface area contributed by atoms with Crippen molar-refractivity contribution >= 4 is 0 Å². The summed E-state index contributed by atoms with van der Waals surface area (Å²) >= 11 is 0. The molecule has 0 unspecified atom stereocenters. The molecule has 0 heterocycles. The first kappa shape index (κ1) is 17.7. The zero-order chi connectivity index (χ0) is 16.7. The highest BCUT2D eigenvalue weighted by Crippen LogP contribution is 2.21. The van der Waals surface area contributed by atoms with Crippen molar-refractivity contribution in [2.45, 2.75) is 51.7 Å². The maximum atomic E-state index is 3.85. The molecule has 0 aromatic heterocycles. The lowest BCUT2D eigenvalue weighted by molar-refractivity contribution is 0.311. The highest BCUT2D eigenvalue weighted by molar-refractivity contribution is 5.24. The molecule has 0 aliphatic heterocycles. The average molecular weight is 310 g/mol. The summed E-state index contributed by atoms with van der Waals surface area (Å²) in [5.41, 5.74) is 2.73. The Kier molecular flexibility index (Phi) is 6.37. The minimum absolute atomic E-state index is 0.0273. The predicted molar refractivity (Wildman–Crippen MR) is 99.7 cm³/mol. The SMILES string of the molecule is CC(C)NCC(C)(C)N[C@@H](Cc1ccccc1)c1ccccc1. The van der Waals surface area contributed by atoms with Gasteiger partial charge in [0.2, 0.25) is 0 Å². The van der Waals surface area contributed by atoms with E-state index in [9.17, 15) is 0 Å². The first-order chi connectivity index (χ1) is 11.0. The first-order valence-corrected chi connectivity index (χ1v) is 8.56. The molecule has 2 aromatic rings. The van der Waals surface area contributed by atoms with Crippen molar-refractivity contribution in [3.63, 3.8) is 0 Å². The lowest BCUT2D eigenvalue weighted by Gasteiger charge is -2.33. The molecule has 2 rings (SSSR count). The Morgan fingerprint density at radius 1 is 0.870 bits per heavy atom. The second-order valence-corrected chi connectivity index (χ2v) is 7.22.